The lowest BCUT2D eigenvalue weighted by molar-refractivity contribution is 0.415. The predicted molar refractivity (Wildman–Crippen MR) is 111 cm³/mol. The second kappa shape index (κ2) is 8.58. The van der Waals surface area contributed by atoms with Gasteiger partial charge in [0, 0.05) is 29.3 Å². The molecule has 0 saturated carbocycles. The number of methoxy groups -OCH3 is 1. The minimum atomic E-state index is 0. The molecule has 0 amide bonds. The van der Waals surface area contributed by atoms with E-state index in [1.165, 1.54) is 10.9 Å². The van der Waals surface area contributed by atoms with E-state index in [2.05, 4.69) is 27.4 Å². The number of benzene rings is 2. The van der Waals surface area contributed by atoms with Crippen molar-refractivity contribution in [3.63, 3.8) is 0 Å². The largest absolute Gasteiger partial charge is 0.497 e. The average Bonchev–Trinajstić information content (AvgIpc) is 2.99. The summed E-state index contributed by atoms with van der Waals surface area (Å²) in [4.78, 5) is 7.65. The first kappa shape index (κ1) is 18.1. The quantitative estimate of drug-likeness (QED) is 0.324. The smallest absolute Gasteiger partial charge is 0.193 e. The van der Waals surface area contributed by atoms with Crippen LogP contribution in [0.3, 0.4) is 0 Å². The maximum atomic E-state index is 5.93. The molecule has 24 heavy (non-hydrogen) atoms. The third kappa shape index (κ3) is 4.41. The summed E-state index contributed by atoms with van der Waals surface area (Å²) in [7, 11) is 1.64. The molecule has 1 aromatic heterocycles. The molecule has 0 bridgehead atoms. The van der Waals surface area contributed by atoms with Crippen molar-refractivity contribution in [2.75, 3.05) is 19.0 Å². The molecule has 6 heteroatoms. The predicted octanol–water partition coefficient (Wildman–Crippen LogP) is 3.76. The highest BCUT2D eigenvalue weighted by atomic mass is 127. The first-order valence-electron chi connectivity index (χ1n) is 7.52. The van der Waals surface area contributed by atoms with Crippen LogP contribution in [0.25, 0.3) is 10.9 Å². The molecule has 4 N–H and O–H groups in total. The van der Waals surface area contributed by atoms with E-state index in [-0.39, 0.29) is 24.0 Å². The number of aromatic amines is 1. The van der Waals surface area contributed by atoms with E-state index >= 15 is 0 Å². The van der Waals surface area contributed by atoms with Gasteiger partial charge in [0.05, 0.1) is 7.11 Å². The van der Waals surface area contributed by atoms with E-state index in [1.807, 2.05) is 42.6 Å². The van der Waals surface area contributed by atoms with Crippen LogP contribution in [0.15, 0.2) is 59.7 Å². The molecule has 0 aliphatic carbocycles. The Kier molecular flexibility index (Phi) is 6.48. The van der Waals surface area contributed by atoms with Crippen molar-refractivity contribution in [1.82, 2.24) is 4.98 Å². The third-order valence-corrected chi connectivity index (χ3v) is 3.70. The number of nitrogens with zero attached hydrogens (tertiary/aromatic N) is 1. The van der Waals surface area contributed by atoms with E-state index in [9.17, 15) is 0 Å². The summed E-state index contributed by atoms with van der Waals surface area (Å²) in [6.45, 7) is 0.636. The molecule has 3 aromatic rings. The molecule has 0 aliphatic heterocycles. The zero-order valence-corrected chi connectivity index (χ0v) is 15.8. The van der Waals surface area contributed by atoms with Gasteiger partial charge in [-0.3, -0.25) is 4.99 Å². The van der Waals surface area contributed by atoms with Gasteiger partial charge >= 0.3 is 0 Å². The number of aliphatic imine (C=N–C) groups is 1. The highest BCUT2D eigenvalue weighted by molar-refractivity contribution is 14.0. The monoisotopic (exact) mass is 436 g/mol. The number of nitrogens with two attached hydrogens (primary N) is 1. The van der Waals surface area contributed by atoms with Crippen LogP contribution in [0, 0.1) is 0 Å². The molecular formula is C18H21IN4O. The number of hydrogen-bond acceptors (Lipinski definition) is 2. The number of fused-ring (bicyclic) bond motifs is 1. The standard InChI is InChI=1S/C18H20N4O.HI/c1-23-15-8-6-14(7-9-15)22-18(19)20-11-10-13-12-21-17-5-3-2-4-16(13)17;/h2-9,12,21H,10-11H2,1H3,(H3,19,20,22);1H. The lowest BCUT2D eigenvalue weighted by atomic mass is 10.1. The molecule has 0 saturated heterocycles. The van der Waals surface area contributed by atoms with Gasteiger partial charge in [-0.25, -0.2) is 0 Å². The Morgan fingerprint density at radius 2 is 1.92 bits per heavy atom. The second-order valence-corrected chi connectivity index (χ2v) is 5.23. The minimum absolute atomic E-state index is 0. The maximum absolute atomic E-state index is 5.93. The third-order valence-electron chi connectivity index (χ3n) is 3.70. The number of H-pyrrole nitrogens is 1. The summed E-state index contributed by atoms with van der Waals surface area (Å²) < 4.78 is 5.12. The SMILES string of the molecule is COc1ccc(NC(N)=NCCc2c[nH]c3ccccc23)cc1.I. The Morgan fingerprint density at radius 3 is 2.67 bits per heavy atom. The molecule has 0 spiro atoms. The number of rotatable bonds is 5. The molecule has 0 radical (unpaired) electrons. The molecule has 1 heterocycles. The van der Waals surface area contributed by atoms with Crippen molar-refractivity contribution < 1.29 is 4.74 Å². The Labute approximate surface area is 158 Å². The highest BCUT2D eigenvalue weighted by Crippen LogP contribution is 2.18. The first-order chi connectivity index (χ1) is 11.3. The lowest BCUT2D eigenvalue weighted by Gasteiger charge is -2.06. The average molecular weight is 436 g/mol. The van der Waals surface area contributed by atoms with Gasteiger partial charge in [-0.2, -0.15) is 0 Å². The normalized spacial score (nSPS) is 11.1. The van der Waals surface area contributed by atoms with E-state index in [0.717, 1.165) is 23.4 Å². The van der Waals surface area contributed by atoms with Crippen molar-refractivity contribution in [2.24, 2.45) is 10.7 Å². The van der Waals surface area contributed by atoms with Crippen LogP contribution in [-0.2, 0) is 6.42 Å². The van der Waals surface area contributed by atoms with Gasteiger partial charge in [0.2, 0.25) is 0 Å². The fourth-order valence-electron chi connectivity index (χ4n) is 2.50. The van der Waals surface area contributed by atoms with Gasteiger partial charge in [-0.05, 0) is 42.3 Å². The van der Waals surface area contributed by atoms with Gasteiger partial charge in [-0.1, -0.05) is 18.2 Å². The summed E-state index contributed by atoms with van der Waals surface area (Å²) in [6.07, 6.45) is 2.88. The molecule has 2 aromatic carbocycles. The summed E-state index contributed by atoms with van der Waals surface area (Å²) in [5.41, 5.74) is 9.22. The molecule has 3 rings (SSSR count). The van der Waals surface area contributed by atoms with Gasteiger partial charge in [0.15, 0.2) is 5.96 Å². The number of nitrogens with one attached hydrogen (secondary N) is 2. The van der Waals surface area contributed by atoms with E-state index in [0.29, 0.717) is 12.5 Å². The fraction of sp³-hybridized carbons (Fsp3) is 0.167. The van der Waals surface area contributed by atoms with E-state index < -0.39 is 0 Å². The van der Waals surface area contributed by atoms with Gasteiger partial charge in [0.1, 0.15) is 5.75 Å². The van der Waals surface area contributed by atoms with Crippen LogP contribution >= 0.6 is 24.0 Å². The van der Waals surface area contributed by atoms with Crippen LogP contribution in [0.2, 0.25) is 0 Å². The minimum Gasteiger partial charge on any atom is -0.497 e. The van der Waals surface area contributed by atoms with E-state index in [1.54, 1.807) is 7.11 Å². The van der Waals surface area contributed by atoms with Gasteiger partial charge in [0.25, 0.3) is 0 Å². The molecule has 0 atom stereocenters. The number of guanidine groups is 1. The molecule has 126 valence electrons. The summed E-state index contributed by atoms with van der Waals surface area (Å²) in [5.74, 6) is 1.22. The number of hydrogen-bond donors (Lipinski definition) is 3. The van der Waals surface area contributed by atoms with Crippen molar-refractivity contribution in [3.8, 4) is 5.75 Å². The Bertz CT molecular complexity index is 811. The zero-order chi connectivity index (χ0) is 16.1. The van der Waals surface area contributed by atoms with Crippen molar-refractivity contribution >= 4 is 46.5 Å². The Hall–Kier alpha value is -2.22. The highest BCUT2D eigenvalue weighted by Gasteiger charge is 2.02. The van der Waals surface area contributed by atoms with Crippen molar-refractivity contribution in [2.45, 2.75) is 6.42 Å². The Balaban J connectivity index is 0.00000208. The summed E-state index contributed by atoms with van der Waals surface area (Å²) in [5, 5.41) is 4.32. The van der Waals surface area contributed by atoms with Crippen molar-refractivity contribution in [3.05, 3.63) is 60.3 Å². The zero-order valence-electron chi connectivity index (χ0n) is 13.5. The second-order valence-electron chi connectivity index (χ2n) is 5.23. The summed E-state index contributed by atoms with van der Waals surface area (Å²) >= 11 is 0. The number of ether oxygens (including phenoxy) is 1. The number of halogens is 1. The fourth-order valence-corrected chi connectivity index (χ4v) is 2.50. The first-order valence-corrected chi connectivity index (χ1v) is 7.52. The van der Waals surface area contributed by atoms with Crippen LogP contribution in [-0.4, -0.2) is 24.6 Å². The van der Waals surface area contributed by atoms with Crippen LogP contribution < -0.4 is 15.8 Å². The molecular weight excluding hydrogens is 415 g/mol. The maximum Gasteiger partial charge on any atom is 0.193 e. The number of anilines is 1. The Morgan fingerprint density at radius 1 is 1.17 bits per heavy atom. The van der Waals surface area contributed by atoms with Crippen molar-refractivity contribution in [1.29, 1.82) is 0 Å². The van der Waals surface area contributed by atoms with Gasteiger partial charge < -0.3 is 20.8 Å². The van der Waals surface area contributed by atoms with E-state index in [4.69, 9.17) is 10.5 Å². The van der Waals surface area contributed by atoms with Crippen LogP contribution in [0.1, 0.15) is 5.56 Å². The van der Waals surface area contributed by atoms with Gasteiger partial charge in [-0.15, -0.1) is 24.0 Å². The molecule has 5 nitrogen and oxygen atoms in total. The molecule has 0 fully saturated rings. The lowest BCUT2D eigenvalue weighted by Crippen LogP contribution is -2.23. The number of para-hydroxylation sites is 1. The topological polar surface area (TPSA) is 75.4 Å². The molecule has 0 unspecified atom stereocenters. The summed E-state index contributed by atoms with van der Waals surface area (Å²) in [6, 6.07) is 15.8. The van der Waals surface area contributed by atoms with Crippen LogP contribution in [0.4, 0.5) is 5.69 Å². The number of aromatic nitrogens is 1. The van der Waals surface area contributed by atoms with Crippen LogP contribution in [0.5, 0.6) is 5.75 Å². The molecule has 0 aliphatic rings.